The van der Waals surface area contributed by atoms with Gasteiger partial charge in [-0.2, -0.15) is 0 Å². The van der Waals surface area contributed by atoms with Crippen LogP contribution in [0.4, 0.5) is 5.82 Å². The van der Waals surface area contributed by atoms with Crippen molar-refractivity contribution in [3.05, 3.63) is 18.3 Å². The highest BCUT2D eigenvalue weighted by Crippen LogP contribution is 2.19. The predicted molar refractivity (Wildman–Crippen MR) is 69.7 cm³/mol. The summed E-state index contributed by atoms with van der Waals surface area (Å²) in [5.74, 6) is 0.925. The summed E-state index contributed by atoms with van der Waals surface area (Å²) in [5, 5.41) is 3.08. The normalized spacial score (nSPS) is 10.9. The van der Waals surface area contributed by atoms with Crippen molar-refractivity contribution < 1.29 is 14.3 Å². The van der Waals surface area contributed by atoms with Gasteiger partial charge in [-0.25, -0.2) is 9.78 Å². The summed E-state index contributed by atoms with van der Waals surface area (Å²) in [6.45, 7) is 8.24. The molecule has 0 aliphatic carbocycles. The van der Waals surface area contributed by atoms with Gasteiger partial charge in [0.25, 0.3) is 0 Å². The van der Waals surface area contributed by atoms with Crippen molar-refractivity contribution in [3.63, 3.8) is 0 Å². The first-order valence-electron chi connectivity index (χ1n) is 6.05. The van der Waals surface area contributed by atoms with Gasteiger partial charge in [-0.15, -0.1) is 0 Å². The average molecular weight is 252 g/mol. The fourth-order valence-corrected chi connectivity index (χ4v) is 1.37. The molecule has 0 fully saturated rings. The molecule has 1 aromatic heterocycles. The molecule has 0 radical (unpaired) electrons. The first kappa shape index (κ1) is 14.3. The number of hydrogen-bond donors (Lipinski definition) is 1. The number of carbonyl (C=O) groups is 1. The highest BCUT2D eigenvalue weighted by atomic mass is 16.6. The lowest BCUT2D eigenvalue weighted by Crippen LogP contribution is -2.39. The van der Waals surface area contributed by atoms with Crippen LogP contribution >= 0.6 is 0 Å². The second kappa shape index (κ2) is 6.23. The maximum absolute atomic E-state index is 11.7. The monoisotopic (exact) mass is 252 g/mol. The van der Waals surface area contributed by atoms with E-state index in [4.69, 9.17) is 9.47 Å². The number of nitrogens with one attached hydrogen (secondary N) is 1. The van der Waals surface area contributed by atoms with E-state index in [9.17, 15) is 4.79 Å². The van der Waals surface area contributed by atoms with E-state index in [0.717, 1.165) is 12.4 Å². The maximum atomic E-state index is 11.7. The van der Waals surface area contributed by atoms with E-state index in [0.29, 0.717) is 12.4 Å². The molecule has 1 N–H and O–H groups in total. The van der Waals surface area contributed by atoms with E-state index in [1.165, 1.54) is 0 Å². The Kier molecular flexibility index (Phi) is 4.95. The number of carbonyl (C=O) groups excluding carboxylic acids is 1. The Hall–Kier alpha value is -1.78. The third-order valence-corrected chi connectivity index (χ3v) is 2.23. The largest absolute Gasteiger partial charge is 0.475 e. The molecule has 0 saturated heterocycles. The van der Waals surface area contributed by atoms with Gasteiger partial charge in [0.15, 0.2) is 5.60 Å². The first-order chi connectivity index (χ1) is 8.49. The SMILES string of the molecule is CCNc1ccc(OC(C)(C)C(=O)OCC)cn1. The van der Waals surface area contributed by atoms with Gasteiger partial charge >= 0.3 is 5.97 Å². The van der Waals surface area contributed by atoms with Crippen LogP contribution in [0.3, 0.4) is 0 Å². The molecule has 0 unspecified atom stereocenters. The Balaban J connectivity index is 2.68. The van der Waals surface area contributed by atoms with Gasteiger partial charge < -0.3 is 14.8 Å². The van der Waals surface area contributed by atoms with E-state index >= 15 is 0 Å². The van der Waals surface area contributed by atoms with Gasteiger partial charge in [-0.3, -0.25) is 0 Å². The molecule has 1 heterocycles. The fraction of sp³-hybridized carbons (Fsp3) is 0.538. The van der Waals surface area contributed by atoms with Crippen molar-refractivity contribution in [2.24, 2.45) is 0 Å². The van der Waals surface area contributed by atoms with Gasteiger partial charge in [0, 0.05) is 6.54 Å². The lowest BCUT2D eigenvalue weighted by molar-refractivity contribution is -0.158. The number of esters is 1. The van der Waals surface area contributed by atoms with Crippen molar-refractivity contribution in [1.29, 1.82) is 0 Å². The van der Waals surface area contributed by atoms with Crippen LogP contribution in [0, 0.1) is 0 Å². The van der Waals surface area contributed by atoms with Gasteiger partial charge in [0.2, 0.25) is 0 Å². The molecular weight excluding hydrogens is 232 g/mol. The second-order valence-corrected chi connectivity index (χ2v) is 4.24. The topological polar surface area (TPSA) is 60.5 Å². The zero-order valence-electron chi connectivity index (χ0n) is 11.3. The summed E-state index contributed by atoms with van der Waals surface area (Å²) in [4.78, 5) is 15.8. The summed E-state index contributed by atoms with van der Waals surface area (Å²) in [6, 6.07) is 3.58. The van der Waals surface area contributed by atoms with Crippen LogP contribution in [-0.2, 0) is 9.53 Å². The molecule has 0 saturated carbocycles. The van der Waals surface area contributed by atoms with Gasteiger partial charge in [-0.1, -0.05) is 0 Å². The second-order valence-electron chi connectivity index (χ2n) is 4.24. The number of hydrogen-bond acceptors (Lipinski definition) is 5. The van der Waals surface area contributed by atoms with Crippen LogP contribution in [0.15, 0.2) is 18.3 Å². The lowest BCUT2D eigenvalue weighted by atomic mass is 10.1. The lowest BCUT2D eigenvalue weighted by Gasteiger charge is -2.23. The minimum Gasteiger partial charge on any atom is -0.475 e. The average Bonchev–Trinajstić information content (AvgIpc) is 2.32. The van der Waals surface area contributed by atoms with Crippen molar-refractivity contribution >= 4 is 11.8 Å². The molecule has 0 amide bonds. The summed E-state index contributed by atoms with van der Waals surface area (Å²) in [7, 11) is 0. The number of aromatic nitrogens is 1. The van der Waals surface area contributed by atoms with E-state index in [1.807, 2.05) is 6.92 Å². The summed E-state index contributed by atoms with van der Waals surface area (Å²) in [6.07, 6.45) is 1.58. The van der Waals surface area contributed by atoms with E-state index in [2.05, 4.69) is 10.3 Å². The number of pyridine rings is 1. The van der Waals surface area contributed by atoms with Crippen LogP contribution in [-0.4, -0.2) is 29.7 Å². The van der Waals surface area contributed by atoms with Crippen LogP contribution in [0.2, 0.25) is 0 Å². The zero-order valence-corrected chi connectivity index (χ0v) is 11.3. The van der Waals surface area contributed by atoms with Crippen molar-refractivity contribution in [2.75, 3.05) is 18.5 Å². The number of nitrogens with zero attached hydrogens (tertiary/aromatic N) is 1. The minimum absolute atomic E-state index is 0.337. The van der Waals surface area contributed by atoms with Crippen LogP contribution in [0.5, 0.6) is 5.75 Å². The Morgan fingerprint density at radius 2 is 2.11 bits per heavy atom. The molecule has 5 heteroatoms. The van der Waals surface area contributed by atoms with Gasteiger partial charge in [0.1, 0.15) is 11.6 Å². The third-order valence-electron chi connectivity index (χ3n) is 2.23. The fourth-order valence-electron chi connectivity index (χ4n) is 1.37. The van der Waals surface area contributed by atoms with Crippen LogP contribution in [0.1, 0.15) is 27.7 Å². The smallest absolute Gasteiger partial charge is 0.349 e. The molecule has 0 aromatic carbocycles. The Morgan fingerprint density at radius 3 is 2.61 bits per heavy atom. The van der Waals surface area contributed by atoms with Crippen LogP contribution < -0.4 is 10.1 Å². The summed E-state index contributed by atoms with van der Waals surface area (Å²) in [5.41, 5.74) is -1.02. The van der Waals surface area contributed by atoms with Crippen LogP contribution in [0.25, 0.3) is 0 Å². The van der Waals surface area contributed by atoms with E-state index in [-0.39, 0.29) is 5.97 Å². The van der Waals surface area contributed by atoms with E-state index in [1.54, 1.807) is 39.1 Å². The minimum atomic E-state index is -1.02. The molecule has 0 aliphatic rings. The van der Waals surface area contributed by atoms with Gasteiger partial charge in [0.05, 0.1) is 12.8 Å². The highest BCUT2D eigenvalue weighted by Gasteiger charge is 2.31. The zero-order chi connectivity index (χ0) is 13.6. The molecule has 1 aromatic rings. The van der Waals surface area contributed by atoms with Crippen molar-refractivity contribution in [2.45, 2.75) is 33.3 Å². The molecule has 0 bridgehead atoms. The molecule has 0 atom stereocenters. The summed E-state index contributed by atoms with van der Waals surface area (Å²) < 4.78 is 10.5. The number of rotatable bonds is 6. The molecule has 100 valence electrons. The maximum Gasteiger partial charge on any atom is 0.349 e. The van der Waals surface area contributed by atoms with Crippen molar-refractivity contribution in [1.82, 2.24) is 4.98 Å². The standard InChI is InChI=1S/C13H20N2O3/c1-5-14-11-8-7-10(9-15-11)18-13(3,4)12(16)17-6-2/h7-9H,5-6H2,1-4H3,(H,14,15). The van der Waals surface area contributed by atoms with Crippen molar-refractivity contribution in [3.8, 4) is 5.75 Å². The summed E-state index contributed by atoms with van der Waals surface area (Å²) >= 11 is 0. The highest BCUT2D eigenvalue weighted by molar-refractivity contribution is 5.79. The molecular formula is C13H20N2O3. The molecule has 0 aliphatic heterocycles. The van der Waals surface area contributed by atoms with Gasteiger partial charge in [-0.05, 0) is 39.8 Å². The third kappa shape index (κ3) is 3.91. The molecule has 1 rings (SSSR count). The van der Waals surface area contributed by atoms with E-state index < -0.39 is 5.60 Å². The number of ether oxygens (including phenoxy) is 2. The first-order valence-corrected chi connectivity index (χ1v) is 6.05. The number of anilines is 1. The quantitative estimate of drug-likeness (QED) is 0.787. The molecule has 18 heavy (non-hydrogen) atoms. The molecule has 0 spiro atoms. The Morgan fingerprint density at radius 1 is 1.39 bits per heavy atom. The molecule has 5 nitrogen and oxygen atoms in total. The Bertz CT molecular complexity index is 388. The predicted octanol–water partition coefficient (Wildman–Crippen LogP) is 2.23. The Labute approximate surface area is 108 Å².